The van der Waals surface area contributed by atoms with Gasteiger partial charge < -0.3 is 10.5 Å². The molecule has 0 saturated carbocycles. The molecule has 2 unspecified atom stereocenters. The van der Waals surface area contributed by atoms with Crippen LogP contribution >= 0.6 is 0 Å². The van der Waals surface area contributed by atoms with Crippen LogP contribution in [0.2, 0.25) is 0 Å². The number of hydrazine groups is 1. The Morgan fingerprint density at radius 1 is 1.40 bits per heavy atom. The molecule has 2 heterocycles. The van der Waals surface area contributed by atoms with Crippen molar-refractivity contribution in [2.75, 3.05) is 5.43 Å². The molecular formula is C15H23N3O2. The SMILES string of the molecule is CCc1cc(C(=O)O)cc(NN2C(C)CCCC2C)n1. The molecule has 2 N–H and O–H groups in total. The van der Waals surface area contributed by atoms with Gasteiger partial charge in [0.15, 0.2) is 0 Å². The van der Waals surface area contributed by atoms with Crippen molar-refractivity contribution < 1.29 is 9.90 Å². The fourth-order valence-electron chi connectivity index (χ4n) is 2.72. The summed E-state index contributed by atoms with van der Waals surface area (Å²) in [5, 5.41) is 11.4. The third kappa shape index (κ3) is 3.28. The zero-order chi connectivity index (χ0) is 14.7. The number of carbonyl (C=O) groups is 1. The van der Waals surface area contributed by atoms with Crippen LogP contribution in [0.5, 0.6) is 0 Å². The number of aromatic nitrogens is 1. The number of carboxylic acid groups (broad SMARTS) is 1. The van der Waals surface area contributed by atoms with Gasteiger partial charge in [0, 0.05) is 17.8 Å². The minimum absolute atomic E-state index is 0.289. The summed E-state index contributed by atoms with van der Waals surface area (Å²) in [6.07, 6.45) is 4.26. The second kappa shape index (κ2) is 6.22. The first-order chi connectivity index (χ1) is 9.51. The van der Waals surface area contributed by atoms with E-state index in [0.29, 0.717) is 17.9 Å². The Morgan fingerprint density at radius 3 is 2.60 bits per heavy atom. The third-order valence-corrected chi connectivity index (χ3v) is 3.92. The van der Waals surface area contributed by atoms with Gasteiger partial charge in [0.05, 0.1) is 5.56 Å². The summed E-state index contributed by atoms with van der Waals surface area (Å²) in [5.41, 5.74) is 4.39. The van der Waals surface area contributed by atoms with Crippen LogP contribution in [0.4, 0.5) is 5.82 Å². The molecule has 0 bridgehead atoms. The van der Waals surface area contributed by atoms with E-state index in [1.807, 2.05) is 6.92 Å². The largest absolute Gasteiger partial charge is 0.478 e. The van der Waals surface area contributed by atoms with Gasteiger partial charge in [0.2, 0.25) is 0 Å². The van der Waals surface area contributed by atoms with Crippen molar-refractivity contribution >= 4 is 11.8 Å². The molecule has 0 aromatic carbocycles. The van der Waals surface area contributed by atoms with Gasteiger partial charge in [-0.2, -0.15) is 0 Å². The molecule has 0 spiro atoms. The lowest BCUT2D eigenvalue weighted by molar-refractivity contribution is 0.0696. The highest BCUT2D eigenvalue weighted by Gasteiger charge is 2.25. The monoisotopic (exact) mass is 277 g/mol. The van der Waals surface area contributed by atoms with E-state index in [0.717, 1.165) is 25.0 Å². The number of hydrogen-bond acceptors (Lipinski definition) is 4. The lowest BCUT2D eigenvalue weighted by Gasteiger charge is -2.39. The Balaban J connectivity index is 2.23. The predicted octanol–water partition coefficient (Wildman–Crippen LogP) is 2.93. The molecule has 5 nitrogen and oxygen atoms in total. The number of rotatable bonds is 4. The van der Waals surface area contributed by atoms with Gasteiger partial charge in [0.1, 0.15) is 5.82 Å². The van der Waals surface area contributed by atoms with E-state index >= 15 is 0 Å². The van der Waals surface area contributed by atoms with Gasteiger partial charge in [0.25, 0.3) is 0 Å². The van der Waals surface area contributed by atoms with Crippen LogP contribution in [0, 0.1) is 0 Å². The van der Waals surface area contributed by atoms with E-state index in [4.69, 9.17) is 5.11 Å². The number of carboxylic acids is 1. The number of piperidine rings is 1. The predicted molar refractivity (Wildman–Crippen MR) is 78.8 cm³/mol. The number of pyridine rings is 1. The molecule has 1 aromatic heterocycles. The topological polar surface area (TPSA) is 65.5 Å². The molecule has 0 amide bonds. The molecule has 0 aliphatic carbocycles. The third-order valence-electron chi connectivity index (χ3n) is 3.92. The van der Waals surface area contributed by atoms with Gasteiger partial charge in [-0.1, -0.05) is 13.3 Å². The number of hydrogen-bond donors (Lipinski definition) is 2. The second-order valence-electron chi connectivity index (χ2n) is 5.54. The molecule has 1 fully saturated rings. The smallest absolute Gasteiger partial charge is 0.335 e. The quantitative estimate of drug-likeness (QED) is 0.886. The van der Waals surface area contributed by atoms with Crippen molar-refractivity contribution in [2.45, 2.75) is 58.5 Å². The van der Waals surface area contributed by atoms with Crippen molar-refractivity contribution in [3.8, 4) is 0 Å². The lowest BCUT2D eigenvalue weighted by Crippen LogP contribution is -2.47. The highest BCUT2D eigenvalue weighted by molar-refractivity contribution is 5.88. The van der Waals surface area contributed by atoms with Crippen LogP contribution < -0.4 is 5.43 Å². The summed E-state index contributed by atoms with van der Waals surface area (Å²) < 4.78 is 0. The summed E-state index contributed by atoms with van der Waals surface area (Å²) in [6.45, 7) is 6.35. The molecule has 1 aromatic rings. The average molecular weight is 277 g/mol. The number of nitrogens with one attached hydrogen (secondary N) is 1. The first kappa shape index (κ1) is 14.8. The van der Waals surface area contributed by atoms with Crippen molar-refractivity contribution in [3.05, 3.63) is 23.4 Å². The first-order valence-corrected chi connectivity index (χ1v) is 7.30. The number of aryl methyl sites for hydroxylation is 1. The molecule has 20 heavy (non-hydrogen) atoms. The summed E-state index contributed by atoms with van der Waals surface area (Å²) in [4.78, 5) is 15.7. The summed E-state index contributed by atoms with van der Waals surface area (Å²) >= 11 is 0. The average Bonchev–Trinajstić information content (AvgIpc) is 2.42. The highest BCUT2D eigenvalue weighted by Crippen LogP contribution is 2.23. The molecule has 110 valence electrons. The highest BCUT2D eigenvalue weighted by atomic mass is 16.4. The maximum Gasteiger partial charge on any atom is 0.335 e. The zero-order valence-corrected chi connectivity index (χ0v) is 12.4. The number of anilines is 1. The fraction of sp³-hybridized carbons (Fsp3) is 0.600. The minimum Gasteiger partial charge on any atom is -0.478 e. The Labute approximate surface area is 120 Å². The normalized spacial score (nSPS) is 23.6. The molecule has 2 atom stereocenters. The van der Waals surface area contributed by atoms with E-state index in [1.54, 1.807) is 12.1 Å². The summed E-state index contributed by atoms with van der Waals surface area (Å²) in [6, 6.07) is 4.10. The number of nitrogens with zero attached hydrogens (tertiary/aromatic N) is 2. The molecule has 2 rings (SSSR count). The van der Waals surface area contributed by atoms with E-state index in [9.17, 15) is 4.79 Å². The van der Waals surface area contributed by atoms with Crippen LogP contribution in [0.15, 0.2) is 12.1 Å². The van der Waals surface area contributed by atoms with Gasteiger partial charge in [-0.3, -0.25) is 0 Å². The maximum absolute atomic E-state index is 11.2. The Bertz CT molecular complexity index is 480. The molecular weight excluding hydrogens is 254 g/mol. The van der Waals surface area contributed by atoms with Gasteiger partial charge in [-0.15, -0.1) is 0 Å². The molecule has 0 radical (unpaired) electrons. The van der Waals surface area contributed by atoms with Crippen molar-refractivity contribution in [1.29, 1.82) is 0 Å². The Morgan fingerprint density at radius 2 is 2.05 bits per heavy atom. The zero-order valence-electron chi connectivity index (χ0n) is 12.4. The van der Waals surface area contributed by atoms with Gasteiger partial charge >= 0.3 is 5.97 Å². The summed E-state index contributed by atoms with van der Waals surface area (Å²) in [7, 11) is 0. The van der Waals surface area contributed by atoms with Crippen LogP contribution in [-0.4, -0.2) is 33.2 Å². The van der Waals surface area contributed by atoms with E-state index in [1.165, 1.54) is 6.42 Å². The van der Waals surface area contributed by atoms with E-state index in [-0.39, 0.29) is 5.56 Å². The Kier molecular flexibility index (Phi) is 4.60. The Hall–Kier alpha value is -1.62. The van der Waals surface area contributed by atoms with Crippen LogP contribution in [-0.2, 0) is 6.42 Å². The summed E-state index contributed by atoms with van der Waals surface area (Å²) in [5.74, 6) is -0.285. The van der Waals surface area contributed by atoms with Crippen molar-refractivity contribution in [3.63, 3.8) is 0 Å². The number of aromatic carboxylic acids is 1. The standard InChI is InChI=1S/C15H23N3O2/c1-4-13-8-12(15(19)20)9-14(16-13)17-18-10(2)6-5-7-11(18)3/h8-11H,4-7H2,1-3H3,(H,16,17)(H,19,20). The maximum atomic E-state index is 11.2. The molecule has 1 aliphatic heterocycles. The van der Waals surface area contributed by atoms with Gasteiger partial charge in [-0.25, -0.2) is 14.8 Å². The van der Waals surface area contributed by atoms with E-state index in [2.05, 4.69) is 29.3 Å². The van der Waals surface area contributed by atoms with Crippen molar-refractivity contribution in [1.82, 2.24) is 9.99 Å². The van der Waals surface area contributed by atoms with Gasteiger partial charge in [-0.05, 0) is 45.2 Å². The second-order valence-corrected chi connectivity index (χ2v) is 5.54. The van der Waals surface area contributed by atoms with E-state index < -0.39 is 5.97 Å². The molecule has 1 saturated heterocycles. The van der Waals surface area contributed by atoms with Crippen LogP contribution in [0.3, 0.4) is 0 Å². The molecule has 1 aliphatic rings. The van der Waals surface area contributed by atoms with Crippen LogP contribution in [0.25, 0.3) is 0 Å². The lowest BCUT2D eigenvalue weighted by atomic mass is 10.00. The fourth-order valence-corrected chi connectivity index (χ4v) is 2.72. The van der Waals surface area contributed by atoms with Crippen LogP contribution in [0.1, 0.15) is 56.1 Å². The first-order valence-electron chi connectivity index (χ1n) is 7.30. The molecule has 5 heteroatoms. The minimum atomic E-state index is -0.912. The van der Waals surface area contributed by atoms with Crippen molar-refractivity contribution in [2.24, 2.45) is 0 Å².